The van der Waals surface area contributed by atoms with Crippen LogP contribution in [-0.4, -0.2) is 37.2 Å². The second-order valence-corrected chi connectivity index (χ2v) is 19.5. The molecule has 0 aliphatic rings. The van der Waals surface area contributed by atoms with Gasteiger partial charge in [0, 0.05) is 19.3 Å². The van der Waals surface area contributed by atoms with Gasteiger partial charge in [-0.15, -0.1) is 0 Å². The molecule has 0 aliphatic carbocycles. The molecular weight excluding hydrogens is 865 g/mol. The summed E-state index contributed by atoms with van der Waals surface area (Å²) in [5.41, 5.74) is 0. The lowest BCUT2D eigenvalue weighted by atomic mass is 10.0. The molecule has 6 heteroatoms. The zero-order valence-corrected chi connectivity index (χ0v) is 46.0. The van der Waals surface area contributed by atoms with Gasteiger partial charge >= 0.3 is 17.9 Å². The summed E-state index contributed by atoms with van der Waals surface area (Å²) < 4.78 is 16.8. The van der Waals surface area contributed by atoms with Crippen LogP contribution in [-0.2, 0) is 28.6 Å². The van der Waals surface area contributed by atoms with Gasteiger partial charge in [0.15, 0.2) is 6.10 Å². The van der Waals surface area contributed by atoms with Crippen molar-refractivity contribution in [1.82, 2.24) is 0 Å². The van der Waals surface area contributed by atoms with E-state index in [2.05, 4.69) is 99.8 Å². The highest BCUT2D eigenvalue weighted by Gasteiger charge is 2.19. The summed E-state index contributed by atoms with van der Waals surface area (Å²) >= 11 is 0. The van der Waals surface area contributed by atoms with Crippen LogP contribution >= 0.6 is 0 Å². The Balaban J connectivity index is 4.32. The van der Waals surface area contributed by atoms with E-state index in [1.165, 1.54) is 154 Å². The van der Waals surface area contributed by atoms with Gasteiger partial charge in [-0.2, -0.15) is 0 Å². The number of allylic oxidation sites excluding steroid dienone is 14. The van der Waals surface area contributed by atoms with E-state index in [-0.39, 0.29) is 37.5 Å². The number of carbonyl (C=O) groups is 3. The Morgan fingerprint density at radius 2 is 0.586 bits per heavy atom. The summed E-state index contributed by atoms with van der Waals surface area (Å²) in [5.74, 6) is -0.991. The van der Waals surface area contributed by atoms with E-state index >= 15 is 0 Å². The maximum absolute atomic E-state index is 12.8. The number of hydrogen-bond donors (Lipinski definition) is 0. The molecule has 0 aromatic heterocycles. The molecule has 0 rings (SSSR count). The van der Waals surface area contributed by atoms with Gasteiger partial charge in [0.2, 0.25) is 0 Å². The van der Waals surface area contributed by atoms with Gasteiger partial charge in [0.05, 0.1) is 0 Å². The molecule has 0 N–H and O–H groups in total. The second kappa shape index (κ2) is 58.2. The Bertz CT molecular complexity index is 1350. The molecule has 6 nitrogen and oxygen atoms in total. The molecule has 70 heavy (non-hydrogen) atoms. The van der Waals surface area contributed by atoms with Crippen LogP contribution in [0, 0.1) is 0 Å². The van der Waals surface area contributed by atoms with Crippen molar-refractivity contribution >= 4 is 17.9 Å². The van der Waals surface area contributed by atoms with Gasteiger partial charge in [0.1, 0.15) is 13.2 Å². The minimum absolute atomic E-state index is 0.101. The normalized spacial score (nSPS) is 12.7. The first-order valence-corrected chi connectivity index (χ1v) is 29.6. The fourth-order valence-electron chi connectivity index (χ4n) is 8.19. The first-order chi connectivity index (χ1) is 34.5. The van der Waals surface area contributed by atoms with Crippen LogP contribution in [0.1, 0.15) is 284 Å². The third kappa shape index (κ3) is 55.5. The summed E-state index contributed by atoms with van der Waals surface area (Å²) in [7, 11) is 0. The van der Waals surface area contributed by atoms with E-state index in [1.54, 1.807) is 0 Å². The molecule has 402 valence electrons. The smallest absolute Gasteiger partial charge is 0.306 e. The molecule has 1 atom stereocenters. The van der Waals surface area contributed by atoms with Crippen molar-refractivity contribution in [3.8, 4) is 0 Å². The predicted octanol–water partition coefficient (Wildman–Crippen LogP) is 19.9. The molecule has 0 spiro atoms. The van der Waals surface area contributed by atoms with E-state index in [0.717, 1.165) is 83.5 Å². The molecule has 0 heterocycles. The second-order valence-electron chi connectivity index (χ2n) is 19.5. The zero-order chi connectivity index (χ0) is 50.7. The monoisotopic (exact) mass is 975 g/mol. The number of unbranched alkanes of at least 4 members (excludes halogenated alkanes) is 28. The number of rotatable bonds is 53. The molecule has 0 bridgehead atoms. The summed E-state index contributed by atoms with van der Waals surface area (Å²) in [6.45, 7) is 6.45. The summed E-state index contributed by atoms with van der Waals surface area (Å²) in [5, 5.41) is 0. The Morgan fingerprint density at radius 3 is 0.971 bits per heavy atom. The summed E-state index contributed by atoms with van der Waals surface area (Å²) in [4.78, 5) is 38.1. The minimum Gasteiger partial charge on any atom is -0.462 e. The molecule has 0 saturated heterocycles. The average molecular weight is 976 g/mol. The third-order valence-corrected chi connectivity index (χ3v) is 12.6. The molecule has 0 saturated carbocycles. The van der Waals surface area contributed by atoms with Crippen molar-refractivity contribution in [1.29, 1.82) is 0 Å². The Hall–Kier alpha value is -3.41. The molecule has 0 aromatic carbocycles. The lowest BCUT2D eigenvalue weighted by Gasteiger charge is -2.18. The Labute approximate surface area is 433 Å². The summed E-state index contributed by atoms with van der Waals surface area (Å²) in [6, 6.07) is 0. The van der Waals surface area contributed by atoms with Gasteiger partial charge < -0.3 is 14.2 Å². The van der Waals surface area contributed by atoms with Crippen molar-refractivity contribution in [3.63, 3.8) is 0 Å². The molecule has 0 aromatic rings. The first kappa shape index (κ1) is 66.6. The van der Waals surface area contributed by atoms with Crippen LogP contribution in [0.3, 0.4) is 0 Å². The van der Waals surface area contributed by atoms with Gasteiger partial charge in [-0.1, -0.05) is 247 Å². The van der Waals surface area contributed by atoms with Crippen LogP contribution in [0.25, 0.3) is 0 Å². The molecule has 0 aliphatic heterocycles. The molecule has 1 unspecified atom stereocenters. The fraction of sp³-hybridized carbons (Fsp3) is 0.734. The van der Waals surface area contributed by atoms with Crippen molar-refractivity contribution in [3.05, 3.63) is 85.1 Å². The summed E-state index contributed by atoms with van der Waals surface area (Å²) in [6.07, 6.45) is 76.0. The van der Waals surface area contributed by atoms with E-state index in [9.17, 15) is 14.4 Å². The third-order valence-electron chi connectivity index (χ3n) is 12.6. The quantitative estimate of drug-likeness (QED) is 0.0261. The van der Waals surface area contributed by atoms with Crippen molar-refractivity contribution in [2.45, 2.75) is 290 Å². The molecule has 0 amide bonds. The fourth-order valence-corrected chi connectivity index (χ4v) is 8.19. The minimum atomic E-state index is -0.809. The predicted molar refractivity (Wildman–Crippen MR) is 302 cm³/mol. The standard InChI is InChI=1S/C64H110O6/c1-4-7-10-13-16-19-22-25-27-28-29-30-31-32-33-34-35-36-37-40-42-45-48-51-54-57-63(66)69-60-61(59-68-62(65)56-53-50-47-44-41-38-24-21-18-15-12-9-6-3)70-64(67)58-55-52-49-46-43-39-26-23-20-17-14-11-8-5-2/h9,12,18,21-23,25-26,28-29,38,41,47,50,61H,4-8,10-11,13-17,19-20,24,27,30-37,39-40,42-46,48-49,51-60H2,1-3H3/b12-9-,21-18-,25-22-,26-23-,29-28-,41-38-,50-47-. The number of hydrogen-bond acceptors (Lipinski definition) is 6. The highest BCUT2D eigenvalue weighted by Crippen LogP contribution is 2.15. The largest absolute Gasteiger partial charge is 0.462 e. The van der Waals surface area contributed by atoms with Crippen LogP contribution in [0.4, 0.5) is 0 Å². The van der Waals surface area contributed by atoms with E-state index in [0.29, 0.717) is 19.3 Å². The number of esters is 3. The average Bonchev–Trinajstić information content (AvgIpc) is 3.36. The van der Waals surface area contributed by atoms with E-state index < -0.39 is 6.10 Å². The lowest BCUT2D eigenvalue weighted by molar-refractivity contribution is -0.166. The van der Waals surface area contributed by atoms with Gasteiger partial charge in [0.25, 0.3) is 0 Å². The SMILES string of the molecule is CC/C=C\C/C=C\C/C=C\C/C=C\CCC(=O)OCC(COC(=O)CCCCCCCCCCCCCCC/C=C\C/C=C\CCCCCCC)OC(=O)CCCCCCC/C=C\CCCCCCC. The van der Waals surface area contributed by atoms with Gasteiger partial charge in [-0.3, -0.25) is 14.4 Å². The Morgan fingerprint density at radius 1 is 0.300 bits per heavy atom. The topological polar surface area (TPSA) is 78.9 Å². The lowest BCUT2D eigenvalue weighted by Crippen LogP contribution is -2.30. The maximum atomic E-state index is 12.8. The molecule has 0 radical (unpaired) electrons. The zero-order valence-electron chi connectivity index (χ0n) is 46.0. The van der Waals surface area contributed by atoms with Crippen LogP contribution in [0.5, 0.6) is 0 Å². The highest BCUT2D eigenvalue weighted by molar-refractivity contribution is 5.71. The van der Waals surface area contributed by atoms with Crippen molar-refractivity contribution in [2.75, 3.05) is 13.2 Å². The maximum Gasteiger partial charge on any atom is 0.306 e. The van der Waals surface area contributed by atoms with Crippen molar-refractivity contribution < 1.29 is 28.6 Å². The van der Waals surface area contributed by atoms with Crippen LogP contribution in [0.2, 0.25) is 0 Å². The van der Waals surface area contributed by atoms with Crippen LogP contribution < -0.4 is 0 Å². The van der Waals surface area contributed by atoms with E-state index in [1.807, 2.05) is 6.08 Å². The molecular formula is C64H110O6. The first-order valence-electron chi connectivity index (χ1n) is 29.6. The number of carbonyl (C=O) groups excluding carboxylic acids is 3. The Kier molecular flexibility index (Phi) is 55.3. The highest BCUT2D eigenvalue weighted by atomic mass is 16.6. The van der Waals surface area contributed by atoms with Crippen LogP contribution in [0.15, 0.2) is 85.1 Å². The van der Waals surface area contributed by atoms with Gasteiger partial charge in [-0.25, -0.2) is 0 Å². The molecule has 0 fully saturated rings. The van der Waals surface area contributed by atoms with Crippen molar-refractivity contribution in [2.24, 2.45) is 0 Å². The number of ether oxygens (including phenoxy) is 3. The van der Waals surface area contributed by atoms with Gasteiger partial charge in [-0.05, 0) is 103 Å². The van der Waals surface area contributed by atoms with E-state index in [4.69, 9.17) is 14.2 Å².